The molecule has 1 saturated carbocycles. The first-order valence-electron chi connectivity index (χ1n) is 8.12. The summed E-state index contributed by atoms with van der Waals surface area (Å²) in [6, 6.07) is 10.0. The molecule has 2 rings (SSSR count). The number of hydrogen-bond acceptors (Lipinski definition) is 2. The van der Waals surface area contributed by atoms with Crippen LogP contribution >= 0.6 is 0 Å². The van der Waals surface area contributed by atoms with E-state index in [-0.39, 0.29) is 0 Å². The summed E-state index contributed by atoms with van der Waals surface area (Å²) in [6.07, 6.45) is 5.39. The molecule has 0 amide bonds. The fraction of sp³-hybridized carbons (Fsp3) is 0.667. The Morgan fingerprint density at radius 1 is 1.25 bits per heavy atom. The molecule has 2 nitrogen and oxygen atoms in total. The van der Waals surface area contributed by atoms with Crippen molar-refractivity contribution < 1.29 is 0 Å². The molecule has 0 heterocycles. The van der Waals surface area contributed by atoms with Crippen molar-refractivity contribution in [1.29, 1.82) is 0 Å². The van der Waals surface area contributed by atoms with Crippen molar-refractivity contribution in [3.05, 3.63) is 35.4 Å². The van der Waals surface area contributed by atoms with E-state index in [2.05, 4.69) is 62.4 Å². The Bertz CT molecular complexity index is 394. The minimum atomic E-state index is 0.408. The summed E-state index contributed by atoms with van der Waals surface area (Å²) in [4.78, 5) is 2.53. The van der Waals surface area contributed by atoms with Gasteiger partial charge in [-0.25, -0.2) is 0 Å². The van der Waals surface area contributed by atoms with Gasteiger partial charge in [-0.3, -0.25) is 0 Å². The van der Waals surface area contributed by atoms with E-state index in [1.54, 1.807) is 0 Å². The van der Waals surface area contributed by atoms with Crippen LogP contribution in [0.25, 0.3) is 0 Å². The van der Waals surface area contributed by atoms with Gasteiger partial charge in [0, 0.05) is 18.6 Å². The SMILES string of the molecule is CCc1ccc(C(NC)C(C)N(C)CC2CCC2)cc1. The maximum absolute atomic E-state index is 3.50. The van der Waals surface area contributed by atoms with Crippen LogP contribution < -0.4 is 5.32 Å². The molecule has 2 unspecified atom stereocenters. The maximum Gasteiger partial charge on any atom is 0.0472 e. The lowest BCUT2D eigenvalue weighted by atomic mass is 9.84. The second kappa shape index (κ2) is 7.24. The molecule has 2 atom stereocenters. The van der Waals surface area contributed by atoms with Crippen molar-refractivity contribution in [3.63, 3.8) is 0 Å². The second-order valence-corrected chi connectivity index (χ2v) is 6.34. The number of benzene rings is 1. The van der Waals surface area contributed by atoms with Crippen molar-refractivity contribution in [1.82, 2.24) is 10.2 Å². The molecule has 1 aliphatic rings. The van der Waals surface area contributed by atoms with Crippen molar-refractivity contribution in [2.75, 3.05) is 20.6 Å². The Hall–Kier alpha value is -0.860. The Morgan fingerprint density at radius 3 is 2.35 bits per heavy atom. The molecule has 0 aromatic heterocycles. The van der Waals surface area contributed by atoms with Crippen molar-refractivity contribution in [3.8, 4) is 0 Å². The summed E-state index contributed by atoms with van der Waals surface area (Å²) in [7, 11) is 4.35. The molecule has 0 radical (unpaired) electrons. The molecular formula is C18H30N2. The van der Waals surface area contributed by atoms with E-state index in [1.807, 2.05) is 0 Å². The fourth-order valence-electron chi connectivity index (χ4n) is 3.15. The number of likely N-dealkylation sites (N-methyl/N-ethyl adjacent to an activating group) is 2. The lowest BCUT2D eigenvalue weighted by molar-refractivity contribution is 0.147. The Kier molecular flexibility index (Phi) is 5.62. The van der Waals surface area contributed by atoms with Gasteiger partial charge in [-0.15, -0.1) is 0 Å². The first kappa shape index (κ1) is 15.5. The van der Waals surface area contributed by atoms with Gasteiger partial charge < -0.3 is 10.2 Å². The minimum Gasteiger partial charge on any atom is -0.312 e. The van der Waals surface area contributed by atoms with Crippen LogP contribution in [0.4, 0.5) is 0 Å². The highest BCUT2D eigenvalue weighted by Crippen LogP contribution is 2.29. The van der Waals surface area contributed by atoms with Gasteiger partial charge in [0.15, 0.2) is 0 Å². The van der Waals surface area contributed by atoms with Gasteiger partial charge in [0.25, 0.3) is 0 Å². The summed E-state index contributed by atoms with van der Waals surface area (Å²) >= 11 is 0. The minimum absolute atomic E-state index is 0.408. The Balaban J connectivity index is 2.00. The monoisotopic (exact) mass is 274 g/mol. The number of hydrogen-bond donors (Lipinski definition) is 1. The van der Waals surface area contributed by atoms with E-state index in [9.17, 15) is 0 Å². The zero-order valence-electron chi connectivity index (χ0n) is 13.5. The predicted molar refractivity (Wildman–Crippen MR) is 87.1 cm³/mol. The third kappa shape index (κ3) is 3.62. The van der Waals surface area contributed by atoms with Gasteiger partial charge in [-0.05, 0) is 57.3 Å². The third-order valence-electron chi connectivity index (χ3n) is 5.01. The van der Waals surface area contributed by atoms with Gasteiger partial charge in [-0.1, -0.05) is 37.6 Å². The number of nitrogens with one attached hydrogen (secondary N) is 1. The molecule has 1 N–H and O–H groups in total. The van der Waals surface area contributed by atoms with Crippen LogP contribution in [-0.2, 0) is 6.42 Å². The van der Waals surface area contributed by atoms with E-state index in [4.69, 9.17) is 0 Å². The van der Waals surface area contributed by atoms with E-state index in [0.29, 0.717) is 12.1 Å². The lowest BCUT2D eigenvalue weighted by Crippen LogP contribution is -2.42. The van der Waals surface area contributed by atoms with E-state index >= 15 is 0 Å². The predicted octanol–water partition coefficient (Wildman–Crippen LogP) is 3.63. The summed E-state index contributed by atoms with van der Waals surface area (Å²) in [5.74, 6) is 0.933. The first-order valence-corrected chi connectivity index (χ1v) is 8.12. The van der Waals surface area contributed by atoms with Crippen molar-refractivity contribution >= 4 is 0 Å². The van der Waals surface area contributed by atoms with Crippen LogP contribution in [0.3, 0.4) is 0 Å². The average Bonchev–Trinajstić information content (AvgIpc) is 2.44. The van der Waals surface area contributed by atoms with E-state index in [0.717, 1.165) is 12.3 Å². The molecule has 2 heteroatoms. The van der Waals surface area contributed by atoms with Gasteiger partial charge in [0.05, 0.1) is 0 Å². The zero-order valence-corrected chi connectivity index (χ0v) is 13.5. The van der Waals surface area contributed by atoms with Crippen LogP contribution in [0, 0.1) is 5.92 Å². The molecule has 1 aliphatic carbocycles. The van der Waals surface area contributed by atoms with Crippen LogP contribution in [0.15, 0.2) is 24.3 Å². The molecule has 1 aromatic carbocycles. The van der Waals surface area contributed by atoms with Crippen molar-refractivity contribution in [2.24, 2.45) is 5.92 Å². The summed E-state index contributed by atoms with van der Waals surface area (Å²) < 4.78 is 0. The van der Waals surface area contributed by atoms with E-state index in [1.165, 1.54) is 36.9 Å². The average molecular weight is 274 g/mol. The summed E-state index contributed by atoms with van der Waals surface area (Å²) in [5.41, 5.74) is 2.82. The first-order chi connectivity index (χ1) is 9.65. The molecule has 1 aromatic rings. The Morgan fingerprint density at radius 2 is 1.90 bits per heavy atom. The van der Waals surface area contributed by atoms with Crippen molar-refractivity contribution in [2.45, 2.75) is 51.6 Å². The molecule has 0 bridgehead atoms. The quantitative estimate of drug-likeness (QED) is 0.817. The van der Waals surface area contributed by atoms with E-state index < -0.39 is 0 Å². The standard InChI is InChI=1S/C18H30N2/c1-5-15-9-11-17(12-10-15)18(19-3)14(2)20(4)13-16-7-6-8-16/h9-12,14,16,18-19H,5-8,13H2,1-4H3. The second-order valence-electron chi connectivity index (χ2n) is 6.34. The van der Waals surface area contributed by atoms with Crippen LogP contribution in [0.5, 0.6) is 0 Å². The Labute approximate surface area is 124 Å². The maximum atomic E-state index is 3.50. The highest BCUT2D eigenvalue weighted by molar-refractivity contribution is 5.26. The molecule has 112 valence electrons. The summed E-state index contributed by atoms with van der Waals surface area (Å²) in [6.45, 7) is 5.79. The third-order valence-corrected chi connectivity index (χ3v) is 5.01. The van der Waals surface area contributed by atoms with Crippen LogP contribution in [0.1, 0.15) is 50.3 Å². The molecule has 0 aliphatic heterocycles. The highest BCUT2D eigenvalue weighted by Gasteiger charge is 2.25. The van der Waals surface area contributed by atoms with Gasteiger partial charge >= 0.3 is 0 Å². The highest BCUT2D eigenvalue weighted by atomic mass is 15.2. The number of rotatable bonds is 7. The fourth-order valence-corrected chi connectivity index (χ4v) is 3.15. The van der Waals surface area contributed by atoms with Crippen LogP contribution in [0.2, 0.25) is 0 Å². The molecule has 1 fully saturated rings. The van der Waals surface area contributed by atoms with Gasteiger partial charge in [0.2, 0.25) is 0 Å². The molecule has 20 heavy (non-hydrogen) atoms. The zero-order chi connectivity index (χ0) is 14.5. The van der Waals surface area contributed by atoms with Gasteiger partial charge in [-0.2, -0.15) is 0 Å². The van der Waals surface area contributed by atoms with Crippen LogP contribution in [-0.4, -0.2) is 31.6 Å². The van der Waals surface area contributed by atoms with Gasteiger partial charge in [0.1, 0.15) is 0 Å². The normalized spacial score (nSPS) is 18.9. The summed E-state index contributed by atoms with van der Waals surface area (Å²) in [5, 5.41) is 3.50. The number of nitrogens with zero attached hydrogens (tertiary/aromatic N) is 1. The topological polar surface area (TPSA) is 15.3 Å². The number of aryl methyl sites for hydroxylation is 1. The smallest absolute Gasteiger partial charge is 0.0472 e. The molecular weight excluding hydrogens is 244 g/mol. The largest absolute Gasteiger partial charge is 0.312 e. The molecule has 0 spiro atoms. The molecule has 0 saturated heterocycles. The lowest BCUT2D eigenvalue weighted by Gasteiger charge is -2.37.